The Kier molecular flexibility index (Phi) is 5.17. The van der Waals surface area contributed by atoms with Gasteiger partial charge in [0, 0.05) is 5.69 Å². The second-order valence-electron chi connectivity index (χ2n) is 5.96. The van der Waals surface area contributed by atoms with Crippen LogP contribution in [0.15, 0.2) is 60.8 Å². The molecule has 0 radical (unpaired) electrons. The third-order valence-electron chi connectivity index (χ3n) is 4.24. The normalized spacial score (nSPS) is 10.3. The molecule has 1 heterocycles. The zero-order valence-corrected chi connectivity index (χ0v) is 15.0. The number of carbonyl (C=O) groups is 1. The van der Waals surface area contributed by atoms with Crippen LogP contribution in [0.1, 0.15) is 21.5 Å². The molecule has 0 aliphatic heterocycles. The summed E-state index contributed by atoms with van der Waals surface area (Å²) in [6.45, 7) is 4.15. The van der Waals surface area contributed by atoms with Gasteiger partial charge in [0.05, 0.1) is 24.6 Å². The molecule has 0 saturated carbocycles. The molecule has 1 aromatic heterocycles. The number of ether oxygens (including phenoxy) is 1. The molecule has 0 unspecified atom stereocenters. The molecule has 1 amide bonds. The summed E-state index contributed by atoms with van der Waals surface area (Å²) < 4.78 is 5.22. The van der Waals surface area contributed by atoms with Gasteiger partial charge in [-0.15, -0.1) is 0 Å². The number of nitrogens with one attached hydrogen (secondary N) is 2. The number of aryl methyl sites for hydroxylation is 1. The van der Waals surface area contributed by atoms with Crippen LogP contribution < -0.4 is 15.4 Å². The Morgan fingerprint density at radius 3 is 2.54 bits per heavy atom. The van der Waals surface area contributed by atoms with E-state index in [1.807, 2.05) is 24.3 Å². The summed E-state index contributed by atoms with van der Waals surface area (Å²) in [6.07, 6.45) is 1.69. The van der Waals surface area contributed by atoms with E-state index in [0.717, 1.165) is 11.4 Å². The Labute approximate surface area is 153 Å². The molecule has 2 aromatic carbocycles. The number of aromatic nitrogens is 1. The van der Waals surface area contributed by atoms with Crippen molar-refractivity contribution < 1.29 is 9.53 Å². The van der Waals surface area contributed by atoms with Crippen molar-refractivity contribution in [2.24, 2.45) is 0 Å². The number of nitrogens with zero attached hydrogens (tertiary/aromatic N) is 1. The fourth-order valence-electron chi connectivity index (χ4n) is 2.60. The third-order valence-corrected chi connectivity index (χ3v) is 4.24. The number of amides is 1. The number of hydrogen-bond donors (Lipinski definition) is 2. The number of carbonyl (C=O) groups excluding carboxylic acids is 1. The van der Waals surface area contributed by atoms with Gasteiger partial charge >= 0.3 is 0 Å². The highest BCUT2D eigenvalue weighted by Gasteiger charge is 2.12. The Bertz CT molecular complexity index is 921. The Morgan fingerprint density at radius 2 is 1.81 bits per heavy atom. The summed E-state index contributed by atoms with van der Waals surface area (Å²) >= 11 is 0. The van der Waals surface area contributed by atoms with E-state index in [1.165, 1.54) is 18.2 Å². The second-order valence-corrected chi connectivity index (χ2v) is 5.96. The lowest BCUT2D eigenvalue weighted by molar-refractivity contribution is 0.102. The lowest BCUT2D eigenvalue weighted by Gasteiger charge is -2.12. The molecule has 0 spiro atoms. The minimum atomic E-state index is -0.259. The molecule has 5 heteroatoms. The average Bonchev–Trinajstić information content (AvgIpc) is 2.67. The maximum atomic E-state index is 12.4. The first-order valence-corrected chi connectivity index (χ1v) is 8.32. The molecule has 2 N–H and O–H groups in total. The molecule has 0 atom stereocenters. The van der Waals surface area contributed by atoms with Crippen LogP contribution in [-0.4, -0.2) is 18.0 Å². The number of methoxy groups -OCH3 is 1. The summed E-state index contributed by atoms with van der Waals surface area (Å²) in [4.78, 5) is 16.7. The molecule has 3 rings (SSSR count). The van der Waals surface area contributed by atoms with E-state index >= 15 is 0 Å². The molecule has 0 bridgehead atoms. The highest BCUT2D eigenvalue weighted by Crippen LogP contribution is 2.23. The minimum Gasteiger partial charge on any atom is -0.496 e. The number of anilines is 3. The predicted molar refractivity (Wildman–Crippen MR) is 104 cm³/mol. The van der Waals surface area contributed by atoms with Crippen LogP contribution in [0.2, 0.25) is 0 Å². The first-order valence-electron chi connectivity index (χ1n) is 8.32. The van der Waals surface area contributed by atoms with Crippen LogP contribution in [0.3, 0.4) is 0 Å². The van der Waals surface area contributed by atoms with E-state index in [-0.39, 0.29) is 5.91 Å². The third kappa shape index (κ3) is 3.83. The Hall–Kier alpha value is -3.34. The van der Waals surface area contributed by atoms with E-state index in [9.17, 15) is 4.79 Å². The van der Waals surface area contributed by atoms with Crippen molar-refractivity contribution in [1.82, 2.24) is 4.98 Å². The van der Waals surface area contributed by atoms with Crippen LogP contribution in [0.4, 0.5) is 17.2 Å². The first-order chi connectivity index (χ1) is 12.6. The summed E-state index contributed by atoms with van der Waals surface area (Å²) in [5.74, 6) is 0.746. The quantitative estimate of drug-likeness (QED) is 0.702. The molecule has 3 aromatic rings. The van der Waals surface area contributed by atoms with Crippen molar-refractivity contribution in [2.75, 3.05) is 17.7 Å². The van der Waals surface area contributed by atoms with E-state index in [2.05, 4.69) is 35.5 Å². The fraction of sp³-hybridized carbons (Fsp3) is 0.143. The maximum absolute atomic E-state index is 12.4. The highest BCUT2D eigenvalue weighted by molar-refractivity contribution is 6.05. The van der Waals surface area contributed by atoms with Gasteiger partial charge in [-0.2, -0.15) is 0 Å². The van der Waals surface area contributed by atoms with Crippen LogP contribution in [0, 0.1) is 13.8 Å². The zero-order valence-electron chi connectivity index (χ0n) is 15.0. The number of hydrogen-bond acceptors (Lipinski definition) is 4. The maximum Gasteiger partial charge on any atom is 0.260 e. The minimum absolute atomic E-state index is 0.259. The lowest BCUT2D eigenvalue weighted by atomic mass is 10.1. The van der Waals surface area contributed by atoms with Crippen LogP contribution in [0.25, 0.3) is 0 Å². The monoisotopic (exact) mass is 347 g/mol. The predicted octanol–water partition coefficient (Wildman–Crippen LogP) is 4.70. The molecular weight excluding hydrogens is 326 g/mol. The summed E-state index contributed by atoms with van der Waals surface area (Å²) in [6, 6.07) is 16.8. The van der Waals surface area contributed by atoms with Crippen molar-refractivity contribution in [2.45, 2.75) is 13.8 Å². The van der Waals surface area contributed by atoms with E-state index in [0.29, 0.717) is 17.1 Å². The van der Waals surface area contributed by atoms with Crippen molar-refractivity contribution in [3.63, 3.8) is 0 Å². The number of benzene rings is 2. The molecule has 0 aliphatic rings. The lowest BCUT2D eigenvalue weighted by Crippen LogP contribution is -2.14. The Morgan fingerprint density at radius 1 is 1.00 bits per heavy atom. The van der Waals surface area contributed by atoms with Gasteiger partial charge in [-0.25, -0.2) is 4.98 Å². The SMILES string of the molecule is COc1ccccc1C(=O)Nc1ccc(Nc2cccc(C)c2C)cn1. The Balaban J connectivity index is 1.71. The number of rotatable bonds is 5. The van der Waals surface area contributed by atoms with Gasteiger partial charge in [0.2, 0.25) is 0 Å². The summed E-state index contributed by atoms with van der Waals surface area (Å²) in [7, 11) is 1.54. The summed E-state index contributed by atoms with van der Waals surface area (Å²) in [5, 5.41) is 6.13. The van der Waals surface area contributed by atoms with E-state index in [4.69, 9.17) is 4.74 Å². The molecule has 0 fully saturated rings. The molecule has 0 aliphatic carbocycles. The van der Waals surface area contributed by atoms with Crippen LogP contribution in [0.5, 0.6) is 5.75 Å². The molecule has 0 saturated heterocycles. The largest absolute Gasteiger partial charge is 0.496 e. The smallest absolute Gasteiger partial charge is 0.260 e. The van der Waals surface area contributed by atoms with Crippen molar-refractivity contribution >= 4 is 23.1 Å². The van der Waals surface area contributed by atoms with E-state index in [1.54, 1.807) is 30.5 Å². The van der Waals surface area contributed by atoms with Gasteiger partial charge in [-0.05, 0) is 55.3 Å². The molecule has 5 nitrogen and oxygen atoms in total. The fourth-order valence-corrected chi connectivity index (χ4v) is 2.60. The van der Waals surface area contributed by atoms with E-state index < -0.39 is 0 Å². The second kappa shape index (κ2) is 7.70. The van der Waals surface area contributed by atoms with Gasteiger partial charge in [0.15, 0.2) is 0 Å². The zero-order chi connectivity index (χ0) is 18.5. The van der Waals surface area contributed by atoms with Gasteiger partial charge < -0.3 is 15.4 Å². The summed E-state index contributed by atoms with van der Waals surface area (Å²) in [5.41, 5.74) is 4.78. The number of para-hydroxylation sites is 1. The topological polar surface area (TPSA) is 63.2 Å². The van der Waals surface area contributed by atoms with Crippen molar-refractivity contribution in [1.29, 1.82) is 0 Å². The van der Waals surface area contributed by atoms with Crippen LogP contribution >= 0.6 is 0 Å². The van der Waals surface area contributed by atoms with Gasteiger partial charge in [-0.3, -0.25) is 4.79 Å². The van der Waals surface area contributed by atoms with Gasteiger partial charge in [0.1, 0.15) is 11.6 Å². The van der Waals surface area contributed by atoms with Gasteiger partial charge in [0.25, 0.3) is 5.91 Å². The van der Waals surface area contributed by atoms with Crippen LogP contribution in [-0.2, 0) is 0 Å². The average molecular weight is 347 g/mol. The van der Waals surface area contributed by atoms with Crippen molar-refractivity contribution in [3.8, 4) is 5.75 Å². The molecular formula is C21H21N3O2. The number of pyridine rings is 1. The molecule has 26 heavy (non-hydrogen) atoms. The first kappa shape index (κ1) is 17.5. The van der Waals surface area contributed by atoms with Crippen molar-refractivity contribution in [3.05, 3.63) is 77.5 Å². The van der Waals surface area contributed by atoms with Gasteiger partial charge in [-0.1, -0.05) is 24.3 Å². The highest BCUT2D eigenvalue weighted by atomic mass is 16.5. The molecule has 132 valence electrons. The standard InChI is InChI=1S/C21H21N3O2/c1-14-7-6-9-18(15(14)2)23-16-11-12-20(22-13-16)24-21(25)17-8-4-5-10-19(17)26-3/h4-13,23H,1-3H3,(H,22,24,25).